The summed E-state index contributed by atoms with van der Waals surface area (Å²) in [6, 6.07) is 13.5. The van der Waals surface area contributed by atoms with E-state index in [-0.39, 0.29) is 21.8 Å². The van der Waals surface area contributed by atoms with Gasteiger partial charge >= 0.3 is 0 Å². The Bertz CT molecular complexity index is 1250. The van der Waals surface area contributed by atoms with Crippen molar-refractivity contribution in [3.05, 3.63) is 81.5 Å². The van der Waals surface area contributed by atoms with Crippen LogP contribution in [0.5, 0.6) is 5.75 Å². The maximum atomic E-state index is 13.1. The number of nitrogens with zero attached hydrogens (tertiary/aromatic N) is 1. The first-order valence-electron chi connectivity index (χ1n) is 9.40. The summed E-state index contributed by atoms with van der Waals surface area (Å²) < 4.78 is 27.6. The molecule has 0 fully saturated rings. The van der Waals surface area contributed by atoms with Crippen LogP contribution in [0.4, 0.5) is 0 Å². The molecular formula is C21H19N3O5S2. The van der Waals surface area contributed by atoms with Gasteiger partial charge in [-0.05, 0) is 53.8 Å². The first-order chi connectivity index (χ1) is 14.9. The van der Waals surface area contributed by atoms with Crippen molar-refractivity contribution in [2.75, 3.05) is 6.54 Å². The highest BCUT2D eigenvalue weighted by Gasteiger charge is 2.29. The summed E-state index contributed by atoms with van der Waals surface area (Å²) in [4.78, 5) is 25.8. The van der Waals surface area contributed by atoms with Crippen LogP contribution in [-0.2, 0) is 23.0 Å². The fraction of sp³-hybridized carbons (Fsp3) is 0.143. The van der Waals surface area contributed by atoms with Gasteiger partial charge < -0.3 is 5.11 Å². The van der Waals surface area contributed by atoms with Crippen molar-refractivity contribution in [3.8, 4) is 5.75 Å². The molecule has 2 amide bonds. The van der Waals surface area contributed by atoms with Gasteiger partial charge in [-0.1, -0.05) is 18.2 Å². The molecule has 0 spiro atoms. The van der Waals surface area contributed by atoms with E-state index in [1.54, 1.807) is 23.5 Å². The van der Waals surface area contributed by atoms with Crippen LogP contribution in [0, 0.1) is 0 Å². The average Bonchev–Trinajstić information content (AvgIpc) is 3.25. The van der Waals surface area contributed by atoms with Crippen molar-refractivity contribution in [1.82, 2.24) is 15.2 Å². The minimum absolute atomic E-state index is 0.00275. The van der Waals surface area contributed by atoms with E-state index in [1.165, 1.54) is 45.6 Å². The normalized spacial score (nSPS) is 13.9. The summed E-state index contributed by atoms with van der Waals surface area (Å²) >= 11 is 1.62. The molecule has 8 nitrogen and oxygen atoms in total. The molecule has 0 unspecified atom stereocenters. The molecule has 0 radical (unpaired) electrons. The van der Waals surface area contributed by atoms with Crippen LogP contribution >= 0.6 is 11.3 Å². The molecule has 4 rings (SSSR count). The zero-order valence-electron chi connectivity index (χ0n) is 16.2. The summed E-state index contributed by atoms with van der Waals surface area (Å²) in [6.07, 6.45) is 0.658. The van der Waals surface area contributed by atoms with Crippen molar-refractivity contribution in [2.24, 2.45) is 0 Å². The van der Waals surface area contributed by atoms with Gasteiger partial charge in [0.1, 0.15) is 5.75 Å². The van der Waals surface area contributed by atoms with Gasteiger partial charge in [0, 0.05) is 23.5 Å². The Morgan fingerprint density at radius 1 is 1.00 bits per heavy atom. The molecular weight excluding hydrogens is 438 g/mol. The number of aromatic hydroxyl groups is 1. The molecule has 0 saturated carbocycles. The van der Waals surface area contributed by atoms with Crippen LogP contribution in [-0.4, -0.2) is 36.2 Å². The largest absolute Gasteiger partial charge is 0.507 e. The Balaban J connectivity index is 1.47. The Morgan fingerprint density at radius 2 is 1.77 bits per heavy atom. The molecule has 0 bridgehead atoms. The fourth-order valence-electron chi connectivity index (χ4n) is 3.29. The number of sulfonamides is 1. The van der Waals surface area contributed by atoms with E-state index >= 15 is 0 Å². The summed E-state index contributed by atoms with van der Waals surface area (Å²) in [5.41, 5.74) is 5.52. The maximum Gasteiger partial charge on any atom is 0.273 e. The van der Waals surface area contributed by atoms with E-state index in [9.17, 15) is 23.1 Å². The van der Waals surface area contributed by atoms with Crippen LogP contribution in [0.25, 0.3) is 0 Å². The molecule has 0 atom stereocenters. The number of hydrogen-bond donors (Lipinski definition) is 3. The second-order valence-corrected chi connectivity index (χ2v) is 9.85. The predicted molar refractivity (Wildman–Crippen MR) is 115 cm³/mol. The first kappa shape index (κ1) is 21.0. The Labute approximate surface area is 183 Å². The fourth-order valence-corrected chi connectivity index (χ4v) is 5.65. The smallest absolute Gasteiger partial charge is 0.273 e. The van der Waals surface area contributed by atoms with Gasteiger partial charge in [0.25, 0.3) is 11.8 Å². The van der Waals surface area contributed by atoms with E-state index in [0.717, 1.165) is 5.56 Å². The quantitative estimate of drug-likeness (QED) is 0.520. The maximum absolute atomic E-state index is 13.1. The van der Waals surface area contributed by atoms with E-state index in [0.29, 0.717) is 19.5 Å². The molecule has 1 aromatic heterocycles. The molecule has 0 aliphatic carbocycles. The summed E-state index contributed by atoms with van der Waals surface area (Å²) in [7, 11) is -3.78. The van der Waals surface area contributed by atoms with Crippen molar-refractivity contribution < 1.29 is 23.1 Å². The lowest BCUT2D eigenvalue weighted by Crippen LogP contribution is -2.41. The minimum atomic E-state index is -3.78. The number of phenolic OH excluding ortho intramolecular Hbond substituents is 1. The number of thiophene rings is 1. The highest BCUT2D eigenvalue weighted by atomic mass is 32.2. The standard InChI is InChI=1S/C21H19N3O5S2/c25-18-7-2-1-6-17(18)21(27)23-22-20(26)14-4-3-5-16(12-14)31(28,29)24-10-8-19-15(13-24)9-11-30-19/h1-7,9,11-12,25H,8,10,13H2,(H,22,26)(H,23,27). The number of para-hydroxylation sites is 1. The van der Waals surface area contributed by atoms with Crippen molar-refractivity contribution in [1.29, 1.82) is 0 Å². The van der Waals surface area contributed by atoms with Crippen LogP contribution in [0.15, 0.2) is 64.9 Å². The van der Waals surface area contributed by atoms with Crippen molar-refractivity contribution >= 4 is 33.2 Å². The number of amides is 2. The highest BCUT2D eigenvalue weighted by Crippen LogP contribution is 2.28. The van der Waals surface area contributed by atoms with Gasteiger partial charge in [-0.3, -0.25) is 20.4 Å². The Hall–Kier alpha value is -3.21. The third-order valence-electron chi connectivity index (χ3n) is 4.94. The number of carbonyl (C=O) groups is 2. The molecule has 1 aliphatic heterocycles. The summed E-state index contributed by atoms with van der Waals surface area (Å²) in [6.45, 7) is 0.678. The van der Waals surface area contributed by atoms with Crippen LogP contribution < -0.4 is 10.9 Å². The SMILES string of the molecule is O=C(NNC(=O)c1ccccc1O)c1cccc(S(=O)(=O)N2CCc3sccc3C2)c1. The first-order valence-corrected chi connectivity index (χ1v) is 11.7. The van der Waals surface area contributed by atoms with Crippen LogP contribution in [0.3, 0.4) is 0 Å². The van der Waals surface area contributed by atoms with Gasteiger partial charge in [-0.15, -0.1) is 11.3 Å². The molecule has 2 aromatic carbocycles. The molecule has 31 heavy (non-hydrogen) atoms. The lowest BCUT2D eigenvalue weighted by molar-refractivity contribution is 0.0845. The van der Waals surface area contributed by atoms with Gasteiger partial charge in [0.2, 0.25) is 10.0 Å². The summed E-state index contributed by atoms with van der Waals surface area (Å²) in [5, 5.41) is 11.7. The summed E-state index contributed by atoms with van der Waals surface area (Å²) in [5.74, 6) is -1.60. The lowest BCUT2D eigenvalue weighted by Gasteiger charge is -2.26. The number of rotatable bonds is 4. The van der Waals surface area contributed by atoms with Crippen molar-refractivity contribution in [2.45, 2.75) is 17.9 Å². The van der Waals surface area contributed by atoms with Gasteiger partial charge in [-0.25, -0.2) is 8.42 Å². The molecule has 3 aromatic rings. The Kier molecular flexibility index (Phi) is 5.77. The monoisotopic (exact) mass is 457 g/mol. The lowest BCUT2D eigenvalue weighted by atomic mass is 10.1. The molecule has 3 N–H and O–H groups in total. The number of phenols is 1. The van der Waals surface area contributed by atoms with Crippen LogP contribution in [0.2, 0.25) is 0 Å². The zero-order valence-corrected chi connectivity index (χ0v) is 17.9. The predicted octanol–water partition coefficient (Wildman–Crippen LogP) is 2.28. The van der Waals surface area contributed by atoms with Crippen molar-refractivity contribution in [3.63, 3.8) is 0 Å². The number of benzene rings is 2. The third kappa shape index (κ3) is 4.31. The number of hydrazine groups is 1. The molecule has 10 heteroatoms. The molecule has 2 heterocycles. The van der Waals surface area contributed by atoms with Gasteiger partial charge in [0.05, 0.1) is 10.5 Å². The third-order valence-corrected chi connectivity index (χ3v) is 7.81. The number of hydrogen-bond acceptors (Lipinski definition) is 6. The molecule has 160 valence electrons. The van der Waals surface area contributed by atoms with E-state index in [2.05, 4.69) is 10.9 Å². The molecule has 0 saturated heterocycles. The number of nitrogens with one attached hydrogen (secondary N) is 2. The average molecular weight is 458 g/mol. The van der Waals surface area contributed by atoms with Crippen LogP contribution in [0.1, 0.15) is 31.2 Å². The molecule has 1 aliphatic rings. The van der Waals surface area contributed by atoms with E-state index < -0.39 is 21.8 Å². The zero-order chi connectivity index (χ0) is 22.0. The topological polar surface area (TPSA) is 116 Å². The minimum Gasteiger partial charge on any atom is -0.507 e. The second kappa shape index (κ2) is 8.50. The van der Waals surface area contributed by atoms with E-state index in [4.69, 9.17) is 0 Å². The van der Waals surface area contributed by atoms with Gasteiger partial charge in [-0.2, -0.15) is 4.31 Å². The number of carbonyl (C=O) groups excluding carboxylic acids is 2. The highest BCUT2D eigenvalue weighted by molar-refractivity contribution is 7.89. The second-order valence-electron chi connectivity index (χ2n) is 6.91. The van der Waals surface area contributed by atoms with E-state index in [1.807, 2.05) is 11.4 Å². The number of fused-ring (bicyclic) bond motifs is 1. The Morgan fingerprint density at radius 3 is 2.58 bits per heavy atom. The van der Waals surface area contributed by atoms with Gasteiger partial charge in [0.15, 0.2) is 0 Å².